The first-order valence-electron chi connectivity index (χ1n) is 7.07. The standard InChI is InChI=1S/C14H25IO2/c15-13-10-6-2-1-4-8-12(14(16)17)9-5-3-7-11-13/h12-13H,1-11H2,(H,16,17). The van der Waals surface area contributed by atoms with Crippen molar-refractivity contribution in [2.45, 2.75) is 74.6 Å². The normalized spacial score (nSPS) is 29.7. The third-order valence-corrected chi connectivity index (χ3v) is 4.98. The van der Waals surface area contributed by atoms with Crippen molar-refractivity contribution in [1.29, 1.82) is 0 Å². The lowest BCUT2D eigenvalue weighted by atomic mass is 9.95. The summed E-state index contributed by atoms with van der Waals surface area (Å²) in [4.78, 5) is 11.1. The van der Waals surface area contributed by atoms with Gasteiger partial charge < -0.3 is 5.11 Å². The summed E-state index contributed by atoms with van der Waals surface area (Å²) in [6.07, 6.45) is 13.0. The Morgan fingerprint density at radius 1 is 0.824 bits per heavy atom. The molecule has 0 aliphatic heterocycles. The fraction of sp³-hybridized carbons (Fsp3) is 0.929. The third-order valence-electron chi connectivity index (χ3n) is 3.74. The van der Waals surface area contributed by atoms with Crippen molar-refractivity contribution in [3.63, 3.8) is 0 Å². The van der Waals surface area contributed by atoms with Crippen molar-refractivity contribution >= 4 is 28.6 Å². The van der Waals surface area contributed by atoms with Crippen LogP contribution < -0.4 is 0 Å². The molecule has 1 aliphatic rings. The number of halogens is 1. The van der Waals surface area contributed by atoms with E-state index in [0.717, 1.165) is 29.6 Å². The zero-order chi connectivity index (χ0) is 12.5. The first kappa shape index (κ1) is 15.3. The largest absolute Gasteiger partial charge is 0.481 e. The minimum atomic E-state index is -0.577. The number of aliphatic carboxylic acids is 1. The Bertz CT molecular complexity index is 218. The quantitative estimate of drug-likeness (QED) is 0.544. The zero-order valence-electron chi connectivity index (χ0n) is 10.7. The second-order valence-electron chi connectivity index (χ2n) is 5.26. The molecule has 3 heteroatoms. The molecule has 2 atom stereocenters. The van der Waals surface area contributed by atoms with E-state index in [1.807, 2.05) is 0 Å². The summed E-state index contributed by atoms with van der Waals surface area (Å²) in [5, 5.41) is 9.14. The molecule has 0 aromatic heterocycles. The third kappa shape index (κ3) is 7.27. The predicted octanol–water partition coefficient (Wildman–Crippen LogP) is 4.80. The molecule has 1 aliphatic carbocycles. The number of carbonyl (C=O) groups is 1. The van der Waals surface area contributed by atoms with Crippen LogP contribution in [0, 0.1) is 5.92 Å². The molecule has 17 heavy (non-hydrogen) atoms. The fourth-order valence-corrected chi connectivity index (χ4v) is 3.46. The molecule has 0 spiro atoms. The molecular weight excluding hydrogens is 327 g/mol. The second-order valence-corrected chi connectivity index (χ2v) is 7.02. The lowest BCUT2D eigenvalue weighted by Gasteiger charge is -2.11. The van der Waals surface area contributed by atoms with Gasteiger partial charge >= 0.3 is 5.97 Å². The molecule has 1 fully saturated rings. The van der Waals surface area contributed by atoms with Gasteiger partial charge in [-0.25, -0.2) is 0 Å². The Labute approximate surface area is 119 Å². The molecule has 0 amide bonds. The van der Waals surface area contributed by atoms with E-state index in [2.05, 4.69) is 22.6 Å². The predicted molar refractivity (Wildman–Crippen MR) is 79.7 cm³/mol. The van der Waals surface area contributed by atoms with Gasteiger partial charge in [0.25, 0.3) is 0 Å². The van der Waals surface area contributed by atoms with Crippen LogP contribution in [-0.2, 0) is 4.79 Å². The number of carboxylic acids is 1. The summed E-state index contributed by atoms with van der Waals surface area (Å²) in [5.41, 5.74) is 0. The van der Waals surface area contributed by atoms with Gasteiger partial charge in [0.05, 0.1) is 5.92 Å². The van der Waals surface area contributed by atoms with Crippen LogP contribution in [0.15, 0.2) is 0 Å². The Morgan fingerprint density at radius 2 is 1.24 bits per heavy atom. The summed E-state index contributed by atoms with van der Waals surface area (Å²) in [6, 6.07) is 0. The van der Waals surface area contributed by atoms with Crippen LogP contribution in [0.1, 0.15) is 70.6 Å². The van der Waals surface area contributed by atoms with Crippen LogP contribution in [0.5, 0.6) is 0 Å². The van der Waals surface area contributed by atoms with Crippen molar-refractivity contribution in [3.8, 4) is 0 Å². The Hall–Kier alpha value is 0.200. The molecule has 0 radical (unpaired) electrons. The molecule has 0 bridgehead atoms. The van der Waals surface area contributed by atoms with Gasteiger partial charge in [0.15, 0.2) is 0 Å². The molecule has 2 nitrogen and oxygen atoms in total. The highest BCUT2D eigenvalue weighted by Gasteiger charge is 2.16. The summed E-state index contributed by atoms with van der Waals surface area (Å²) in [6.45, 7) is 0. The Morgan fingerprint density at radius 3 is 1.71 bits per heavy atom. The fourth-order valence-electron chi connectivity index (χ4n) is 2.58. The van der Waals surface area contributed by atoms with Crippen LogP contribution in [-0.4, -0.2) is 15.0 Å². The van der Waals surface area contributed by atoms with Gasteiger partial charge in [0.1, 0.15) is 0 Å². The van der Waals surface area contributed by atoms with Gasteiger partial charge in [0.2, 0.25) is 0 Å². The van der Waals surface area contributed by atoms with Gasteiger partial charge in [-0.2, -0.15) is 0 Å². The molecular formula is C14H25IO2. The monoisotopic (exact) mass is 352 g/mol. The van der Waals surface area contributed by atoms with Crippen LogP contribution in [0.25, 0.3) is 0 Å². The average molecular weight is 352 g/mol. The van der Waals surface area contributed by atoms with Crippen LogP contribution >= 0.6 is 22.6 Å². The van der Waals surface area contributed by atoms with Crippen molar-refractivity contribution in [2.24, 2.45) is 5.92 Å². The number of rotatable bonds is 1. The smallest absolute Gasteiger partial charge is 0.306 e. The van der Waals surface area contributed by atoms with E-state index >= 15 is 0 Å². The van der Waals surface area contributed by atoms with Crippen molar-refractivity contribution in [2.75, 3.05) is 0 Å². The van der Waals surface area contributed by atoms with Crippen molar-refractivity contribution < 1.29 is 9.90 Å². The maximum atomic E-state index is 11.1. The van der Waals surface area contributed by atoms with E-state index in [1.165, 1.54) is 44.9 Å². The maximum Gasteiger partial charge on any atom is 0.306 e. The highest BCUT2D eigenvalue weighted by atomic mass is 127. The molecule has 0 aromatic carbocycles. The summed E-state index contributed by atoms with van der Waals surface area (Å²) in [5.74, 6) is -0.655. The highest BCUT2D eigenvalue weighted by Crippen LogP contribution is 2.23. The van der Waals surface area contributed by atoms with E-state index in [9.17, 15) is 4.79 Å². The minimum Gasteiger partial charge on any atom is -0.481 e. The zero-order valence-corrected chi connectivity index (χ0v) is 12.8. The second kappa shape index (κ2) is 9.17. The molecule has 2 unspecified atom stereocenters. The van der Waals surface area contributed by atoms with Crippen molar-refractivity contribution in [1.82, 2.24) is 0 Å². The maximum absolute atomic E-state index is 11.1. The van der Waals surface area contributed by atoms with Crippen molar-refractivity contribution in [3.05, 3.63) is 0 Å². The van der Waals surface area contributed by atoms with Crippen LogP contribution in [0.3, 0.4) is 0 Å². The van der Waals surface area contributed by atoms with Gasteiger partial charge in [-0.1, -0.05) is 67.5 Å². The van der Waals surface area contributed by atoms with Crippen LogP contribution in [0.4, 0.5) is 0 Å². The number of hydrogen-bond acceptors (Lipinski definition) is 1. The van der Waals surface area contributed by atoms with Crippen LogP contribution in [0.2, 0.25) is 0 Å². The molecule has 0 heterocycles. The minimum absolute atomic E-state index is 0.0776. The topological polar surface area (TPSA) is 37.3 Å². The van der Waals surface area contributed by atoms with E-state index < -0.39 is 5.97 Å². The average Bonchev–Trinajstić information content (AvgIpc) is 2.30. The van der Waals surface area contributed by atoms with Gasteiger partial charge in [-0.15, -0.1) is 0 Å². The van der Waals surface area contributed by atoms with E-state index in [4.69, 9.17) is 5.11 Å². The summed E-state index contributed by atoms with van der Waals surface area (Å²) in [7, 11) is 0. The van der Waals surface area contributed by atoms with E-state index in [0.29, 0.717) is 0 Å². The number of alkyl halides is 1. The van der Waals surface area contributed by atoms with Gasteiger partial charge in [0, 0.05) is 3.92 Å². The Kier molecular flexibility index (Phi) is 8.23. The number of hydrogen-bond donors (Lipinski definition) is 1. The number of carboxylic acid groups (broad SMARTS) is 1. The molecule has 1 rings (SSSR count). The lowest BCUT2D eigenvalue weighted by molar-refractivity contribution is -0.142. The summed E-state index contributed by atoms with van der Waals surface area (Å²) >= 11 is 2.58. The molecule has 0 saturated heterocycles. The lowest BCUT2D eigenvalue weighted by Crippen LogP contribution is -2.13. The SMILES string of the molecule is O=C(O)C1CCCCCCC(I)CCCCC1. The first-order valence-corrected chi connectivity index (χ1v) is 8.31. The first-order chi connectivity index (χ1) is 8.20. The van der Waals surface area contributed by atoms with Gasteiger partial charge in [-0.3, -0.25) is 4.79 Å². The Balaban J connectivity index is 2.34. The molecule has 1 saturated carbocycles. The highest BCUT2D eigenvalue weighted by molar-refractivity contribution is 14.1. The van der Waals surface area contributed by atoms with E-state index in [-0.39, 0.29) is 5.92 Å². The summed E-state index contributed by atoms with van der Waals surface area (Å²) < 4.78 is 0.837. The van der Waals surface area contributed by atoms with Gasteiger partial charge in [-0.05, 0) is 25.7 Å². The molecule has 100 valence electrons. The molecule has 0 aromatic rings. The van der Waals surface area contributed by atoms with E-state index in [1.54, 1.807) is 0 Å². The molecule has 1 N–H and O–H groups in total.